The minimum Gasteiger partial charge on any atom is -0.357 e. The summed E-state index contributed by atoms with van der Waals surface area (Å²) in [7, 11) is 0. The van der Waals surface area contributed by atoms with Crippen molar-refractivity contribution in [2.75, 3.05) is 18.4 Å². The van der Waals surface area contributed by atoms with Crippen molar-refractivity contribution in [1.29, 1.82) is 0 Å². The largest absolute Gasteiger partial charge is 0.357 e. The Morgan fingerprint density at radius 3 is 2.75 bits per heavy atom. The molecule has 0 saturated carbocycles. The highest BCUT2D eigenvalue weighted by atomic mass is 19.1. The Balaban J connectivity index is 2.01. The molecule has 0 aliphatic carbocycles. The van der Waals surface area contributed by atoms with Gasteiger partial charge in [0.15, 0.2) is 5.96 Å². The lowest BCUT2D eigenvalue weighted by molar-refractivity contribution is -0.114. The van der Waals surface area contributed by atoms with Crippen LogP contribution < -0.4 is 16.0 Å². The number of anilines is 1. The van der Waals surface area contributed by atoms with Gasteiger partial charge >= 0.3 is 0 Å². The zero-order chi connectivity index (χ0) is 20.5. The van der Waals surface area contributed by atoms with Crippen LogP contribution in [0.15, 0.2) is 47.5 Å². The molecular weight excluding hydrogens is 355 g/mol. The van der Waals surface area contributed by atoms with Gasteiger partial charge in [-0.15, -0.1) is 6.42 Å². The minimum atomic E-state index is -0.264. The molecule has 0 aliphatic heterocycles. The second kappa shape index (κ2) is 10.1. The van der Waals surface area contributed by atoms with Crippen LogP contribution in [0.2, 0.25) is 0 Å². The molecule has 2 rings (SSSR count). The van der Waals surface area contributed by atoms with Crippen molar-refractivity contribution in [2.45, 2.75) is 26.8 Å². The van der Waals surface area contributed by atoms with E-state index in [0.29, 0.717) is 29.3 Å². The van der Waals surface area contributed by atoms with Crippen LogP contribution in [-0.2, 0) is 4.79 Å². The molecule has 0 heterocycles. The summed E-state index contributed by atoms with van der Waals surface area (Å²) in [6, 6.07) is 12.0. The van der Waals surface area contributed by atoms with Gasteiger partial charge in [-0.05, 0) is 56.2 Å². The number of carbonyl (C=O) groups excluding carboxylic acids is 1. The van der Waals surface area contributed by atoms with Gasteiger partial charge in [-0.3, -0.25) is 4.79 Å². The number of carbonyl (C=O) groups is 1. The lowest BCUT2D eigenvalue weighted by Gasteiger charge is -2.18. The molecule has 2 aromatic rings. The van der Waals surface area contributed by atoms with Gasteiger partial charge < -0.3 is 16.0 Å². The van der Waals surface area contributed by atoms with Gasteiger partial charge in [-0.1, -0.05) is 24.1 Å². The molecule has 0 spiro atoms. The molecule has 146 valence electrons. The second-order valence-corrected chi connectivity index (χ2v) is 6.34. The molecule has 3 N–H and O–H groups in total. The highest BCUT2D eigenvalue weighted by Crippen LogP contribution is 2.16. The fraction of sp³-hybridized carbons (Fsp3) is 0.273. The second-order valence-electron chi connectivity index (χ2n) is 6.34. The molecule has 5 nitrogen and oxygen atoms in total. The summed E-state index contributed by atoms with van der Waals surface area (Å²) in [6.07, 6.45) is 5.37. The first-order valence-corrected chi connectivity index (χ1v) is 9.10. The number of terminal acetylenes is 1. The predicted octanol–water partition coefficient (Wildman–Crippen LogP) is 3.37. The zero-order valence-electron chi connectivity index (χ0n) is 16.3. The van der Waals surface area contributed by atoms with Crippen LogP contribution in [0.5, 0.6) is 0 Å². The number of hydrogen-bond acceptors (Lipinski definition) is 2. The van der Waals surface area contributed by atoms with Gasteiger partial charge in [0.05, 0.1) is 6.04 Å². The highest BCUT2D eigenvalue weighted by Gasteiger charge is 2.10. The van der Waals surface area contributed by atoms with E-state index in [1.165, 1.54) is 6.07 Å². The van der Waals surface area contributed by atoms with Gasteiger partial charge in [0.2, 0.25) is 5.91 Å². The van der Waals surface area contributed by atoms with Crippen molar-refractivity contribution in [3.05, 3.63) is 65.0 Å². The van der Waals surface area contributed by atoms with Gasteiger partial charge in [-0.2, -0.15) is 0 Å². The average molecular weight is 380 g/mol. The Labute approximate surface area is 165 Å². The average Bonchev–Trinajstić information content (AvgIpc) is 2.68. The lowest BCUT2D eigenvalue weighted by atomic mass is 10.1. The van der Waals surface area contributed by atoms with Crippen molar-refractivity contribution >= 4 is 17.6 Å². The van der Waals surface area contributed by atoms with Crippen molar-refractivity contribution in [3.63, 3.8) is 0 Å². The van der Waals surface area contributed by atoms with Crippen LogP contribution in [0.4, 0.5) is 10.1 Å². The summed E-state index contributed by atoms with van der Waals surface area (Å²) < 4.78 is 13.8. The standard InChI is InChI=1S/C22H25FN4O/c1-5-17-8-7-9-19(12-17)27-21(28)14-25-22(24-6-2)26-16(4)18-11-10-15(3)20(23)13-18/h1,7-13,16H,6,14H2,2-4H3,(H,27,28)(H2,24,25,26). The Hall–Kier alpha value is -3.33. The van der Waals surface area contributed by atoms with E-state index in [1.807, 2.05) is 19.9 Å². The number of halogens is 1. The van der Waals surface area contributed by atoms with E-state index in [1.54, 1.807) is 37.3 Å². The van der Waals surface area contributed by atoms with Gasteiger partial charge in [0, 0.05) is 17.8 Å². The van der Waals surface area contributed by atoms with Gasteiger partial charge in [-0.25, -0.2) is 9.38 Å². The van der Waals surface area contributed by atoms with Crippen molar-refractivity contribution in [3.8, 4) is 12.3 Å². The van der Waals surface area contributed by atoms with Crippen LogP contribution in [-0.4, -0.2) is 25.0 Å². The Morgan fingerprint density at radius 1 is 1.29 bits per heavy atom. The number of hydrogen-bond donors (Lipinski definition) is 3. The Kier molecular flexibility index (Phi) is 7.58. The van der Waals surface area contributed by atoms with E-state index in [2.05, 4.69) is 26.9 Å². The molecule has 0 fully saturated rings. The van der Waals surface area contributed by atoms with E-state index in [0.717, 1.165) is 5.56 Å². The highest BCUT2D eigenvalue weighted by molar-refractivity contribution is 5.94. The number of guanidine groups is 1. The molecule has 0 saturated heterocycles. The summed E-state index contributed by atoms with van der Waals surface area (Å²) in [5.41, 5.74) is 2.71. The first-order chi connectivity index (χ1) is 13.4. The Bertz CT molecular complexity index is 902. The SMILES string of the molecule is C#Cc1cccc(NC(=O)CN=C(NCC)NC(C)c2ccc(C)c(F)c2)c1. The molecule has 6 heteroatoms. The number of amides is 1. The maximum Gasteiger partial charge on any atom is 0.246 e. The zero-order valence-corrected chi connectivity index (χ0v) is 16.3. The number of benzene rings is 2. The summed E-state index contributed by atoms with van der Waals surface area (Å²) >= 11 is 0. The number of rotatable bonds is 6. The third-order valence-electron chi connectivity index (χ3n) is 4.09. The number of nitrogens with one attached hydrogen (secondary N) is 3. The fourth-order valence-electron chi connectivity index (χ4n) is 2.52. The Morgan fingerprint density at radius 2 is 2.07 bits per heavy atom. The summed E-state index contributed by atoms with van der Waals surface area (Å²) in [4.78, 5) is 16.5. The van der Waals surface area contributed by atoms with E-state index in [-0.39, 0.29) is 24.3 Å². The van der Waals surface area contributed by atoms with E-state index < -0.39 is 0 Å². The van der Waals surface area contributed by atoms with Gasteiger partial charge in [0.1, 0.15) is 12.4 Å². The molecule has 1 unspecified atom stereocenters. The first kappa shape index (κ1) is 21.0. The fourth-order valence-corrected chi connectivity index (χ4v) is 2.52. The van der Waals surface area contributed by atoms with Crippen LogP contribution in [0.25, 0.3) is 0 Å². The monoisotopic (exact) mass is 380 g/mol. The third-order valence-corrected chi connectivity index (χ3v) is 4.09. The molecular formula is C22H25FN4O. The lowest BCUT2D eigenvalue weighted by Crippen LogP contribution is -2.39. The molecule has 2 aromatic carbocycles. The first-order valence-electron chi connectivity index (χ1n) is 9.10. The smallest absolute Gasteiger partial charge is 0.246 e. The summed E-state index contributed by atoms with van der Waals surface area (Å²) in [5.74, 6) is 2.49. The number of nitrogens with zero attached hydrogens (tertiary/aromatic N) is 1. The van der Waals surface area contributed by atoms with Crippen LogP contribution in [0, 0.1) is 25.1 Å². The third kappa shape index (κ3) is 6.13. The molecule has 1 atom stereocenters. The van der Waals surface area contributed by atoms with E-state index in [4.69, 9.17) is 6.42 Å². The minimum absolute atomic E-state index is 0.0649. The predicted molar refractivity (Wildman–Crippen MR) is 112 cm³/mol. The summed E-state index contributed by atoms with van der Waals surface area (Å²) in [5, 5.41) is 9.04. The van der Waals surface area contributed by atoms with Crippen LogP contribution in [0.3, 0.4) is 0 Å². The maximum atomic E-state index is 13.8. The van der Waals surface area contributed by atoms with Crippen molar-refractivity contribution < 1.29 is 9.18 Å². The molecule has 28 heavy (non-hydrogen) atoms. The van der Waals surface area contributed by atoms with Crippen LogP contribution in [0.1, 0.15) is 36.6 Å². The molecule has 0 aliphatic rings. The number of aryl methyl sites for hydroxylation is 1. The topological polar surface area (TPSA) is 65.5 Å². The van der Waals surface area contributed by atoms with Crippen molar-refractivity contribution in [2.24, 2.45) is 4.99 Å². The summed E-state index contributed by atoms with van der Waals surface area (Å²) in [6.45, 7) is 6.12. The van der Waals surface area contributed by atoms with Crippen LogP contribution >= 0.6 is 0 Å². The number of aliphatic imine (C=N–C) groups is 1. The molecule has 0 radical (unpaired) electrons. The van der Waals surface area contributed by atoms with Crippen molar-refractivity contribution in [1.82, 2.24) is 10.6 Å². The molecule has 1 amide bonds. The van der Waals surface area contributed by atoms with Gasteiger partial charge in [0.25, 0.3) is 0 Å². The van der Waals surface area contributed by atoms with E-state index in [9.17, 15) is 9.18 Å². The maximum absolute atomic E-state index is 13.8. The van der Waals surface area contributed by atoms with E-state index >= 15 is 0 Å². The molecule has 0 bridgehead atoms. The normalized spacial score (nSPS) is 12.0. The molecule has 0 aromatic heterocycles. The quantitative estimate of drug-likeness (QED) is 0.409.